The van der Waals surface area contributed by atoms with Gasteiger partial charge in [0.25, 0.3) is 0 Å². The topological polar surface area (TPSA) is 46.0 Å². The molecule has 1 N–H and O–H groups in total. The van der Waals surface area contributed by atoms with Crippen molar-refractivity contribution in [2.45, 2.75) is 32.4 Å². The zero-order valence-corrected chi connectivity index (χ0v) is 10.2. The molecule has 0 saturated carbocycles. The monoisotopic (exact) mass is 223 g/mol. The highest BCUT2D eigenvalue weighted by Crippen LogP contribution is 2.09. The number of aromatic nitrogens is 3. The SMILES string of the molecule is CCN1CCC(NCc2ncn(C)n2)CC1. The number of nitrogens with zero attached hydrogens (tertiary/aromatic N) is 4. The molecule has 0 atom stereocenters. The highest BCUT2D eigenvalue weighted by molar-refractivity contribution is 4.83. The van der Waals surface area contributed by atoms with E-state index in [2.05, 4.69) is 27.2 Å². The highest BCUT2D eigenvalue weighted by atomic mass is 15.3. The molecule has 90 valence electrons. The first-order chi connectivity index (χ1) is 7.78. The third kappa shape index (κ3) is 3.02. The van der Waals surface area contributed by atoms with E-state index in [1.54, 1.807) is 11.0 Å². The lowest BCUT2D eigenvalue weighted by atomic mass is 10.1. The Labute approximate surface area is 96.8 Å². The van der Waals surface area contributed by atoms with Crippen molar-refractivity contribution in [3.05, 3.63) is 12.2 Å². The van der Waals surface area contributed by atoms with Crippen LogP contribution in [0.3, 0.4) is 0 Å². The molecule has 1 aliphatic heterocycles. The van der Waals surface area contributed by atoms with E-state index in [-0.39, 0.29) is 0 Å². The van der Waals surface area contributed by atoms with E-state index >= 15 is 0 Å². The predicted molar refractivity (Wildman–Crippen MR) is 63.0 cm³/mol. The Morgan fingerprint density at radius 2 is 2.19 bits per heavy atom. The van der Waals surface area contributed by atoms with Gasteiger partial charge in [-0.1, -0.05) is 6.92 Å². The number of piperidine rings is 1. The van der Waals surface area contributed by atoms with E-state index in [0.717, 1.165) is 12.4 Å². The first-order valence-corrected chi connectivity index (χ1v) is 6.08. The van der Waals surface area contributed by atoms with E-state index < -0.39 is 0 Å². The molecular weight excluding hydrogens is 202 g/mol. The van der Waals surface area contributed by atoms with Gasteiger partial charge in [-0.2, -0.15) is 5.10 Å². The van der Waals surface area contributed by atoms with E-state index in [9.17, 15) is 0 Å². The molecule has 5 heteroatoms. The van der Waals surface area contributed by atoms with E-state index in [1.807, 2.05) is 7.05 Å². The average molecular weight is 223 g/mol. The van der Waals surface area contributed by atoms with Crippen LogP contribution in [0.4, 0.5) is 0 Å². The molecule has 0 amide bonds. The van der Waals surface area contributed by atoms with Crippen molar-refractivity contribution >= 4 is 0 Å². The smallest absolute Gasteiger partial charge is 0.164 e. The van der Waals surface area contributed by atoms with Crippen LogP contribution in [0.5, 0.6) is 0 Å². The molecule has 0 radical (unpaired) electrons. The van der Waals surface area contributed by atoms with Crippen LogP contribution in [-0.4, -0.2) is 45.3 Å². The van der Waals surface area contributed by atoms with Gasteiger partial charge in [0.15, 0.2) is 5.82 Å². The van der Waals surface area contributed by atoms with Crippen LogP contribution in [0.1, 0.15) is 25.6 Å². The lowest BCUT2D eigenvalue weighted by Gasteiger charge is -2.31. The number of likely N-dealkylation sites (tertiary alicyclic amines) is 1. The first kappa shape index (κ1) is 11.5. The quantitative estimate of drug-likeness (QED) is 0.802. The minimum atomic E-state index is 0.631. The van der Waals surface area contributed by atoms with Gasteiger partial charge in [0, 0.05) is 13.1 Å². The van der Waals surface area contributed by atoms with Gasteiger partial charge in [0.05, 0.1) is 6.54 Å². The van der Waals surface area contributed by atoms with Crippen molar-refractivity contribution in [2.24, 2.45) is 7.05 Å². The number of aryl methyl sites for hydroxylation is 1. The van der Waals surface area contributed by atoms with Crippen LogP contribution in [0.2, 0.25) is 0 Å². The maximum atomic E-state index is 4.26. The lowest BCUT2D eigenvalue weighted by molar-refractivity contribution is 0.205. The van der Waals surface area contributed by atoms with Crippen LogP contribution in [0.25, 0.3) is 0 Å². The van der Waals surface area contributed by atoms with Crippen LogP contribution in [0.15, 0.2) is 6.33 Å². The number of nitrogens with one attached hydrogen (secondary N) is 1. The van der Waals surface area contributed by atoms with Crippen LogP contribution in [-0.2, 0) is 13.6 Å². The maximum absolute atomic E-state index is 4.26. The van der Waals surface area contributed by atoms with E-state index in [0.29, 0.717) is 6.04 Å². The number of rotatable bonds is 4. The number of hydrogen-bond donors (Lipinski definition) is 1. The normalized spacial score (nSPS) is 19.1. The van der Waals surface area contributed by atoms with Gasteiger partial charge in [-0.3, -0.25) is 4.68 Å². The molecule has 1 aromatic rings. The molecule has 0 bridgehead atoms. The Morgan fingerprint density at radius 3 is 2.75 bits per heavy atom. The fraction of sp³-hybridized carbons (Fsp3) is 0.818. The molecule has 0 unspecified atom stereocenters. The van der Waals surface area contributed by atoms with Crippen molar-refractivity contribution in [1.82, 2.24) is 25.0 Å². The van der Waals surface area contributed by atoms with Crippen LogP contribution in [0, 0.1) is 0 Å². The van der Waals surface area contributed by atoms with Gasteiger partial charge in [-0.15, -0.1) is 0 Å². The minimum absolute atomic E-state index is 0.631. The van der Waals surface area contributed by atoms with Gasteiger partial charge in [0.1, 0.15) is 6.33 Å². The standard InChI is InChI=1S/C11H21N5/c1-3-16-6-4-10(5-7-16)12-8-11-13-9-15(2)14-11/h9-10,12H,3-8H2,1-2H3. The summed E-state index contributed by atoms with van der Waals surface area (Å²) in [5.74, 6) is 0.889. The molecule has 0 aromatic carbocycles. The van der Waals surface area contributed by atoms with E-state index in [4.69, 9.17) is 0 Å². The second kappa shape index (κ2) is 5.41. The second-order valence-electron chi connectivity index (χ2n) is 4.42. The zero-order chi connectivity index (χ0) is 11.4. The van der Waals surface area contributed by atoms with Crippen LogP contribution < -0.4 is 5.32 Å². The molecule has 5 nitrogen and oxygen atoms in total. The molecule has 1 aliphatic rings. The number of hydrogen-bond acceptors (Lipinski definition) is 4. The van der Waals surface area contributed by atoms with Gasteiger partial charge in [-0.25, -0.2) is 4.98 Å². The van der Waals surface area contributed by atoms with Gasteiger partial charge in [0.2, 0.25) is 0 Å². The Bertz CT molecular complexity index is 314. The fourth-order valence-corrected chi connectivity index (χ4v) is 2.15. The summed E-state index contributed by atoms with van der Waals surface area (Å²) in [7, 11) is 1.90. The second-order valence-corrected chi connectivity index (χ2v) is 4.42. The maximum Gasteiger partial charge on any atom is 0.164 e. The Kier molecular flexibility index (Phi) is 3.90. The highest BCUT2D eigenvalue weighted by Gasteiger charge is 2.17. The summed E-state index contributed by atoms with van der Waals surface area (Å²) >= 11 is 0. The molecule has 0 aliphatic carbocycles. The molecular formula is C11H21N5. The zero-order valence-electron chi connectivity index (χ0n) is 10.2. The van der Waals surface area contributed by atoms with Crippen molar-refractivity contribution in [3.8, 4) is 0 Å². The minimum Gasteiger partial charge on any atom is -0.307 e. The lowest BCUT2D eigenvalue weighted by Crippen LogP contribution is -2.42. The average Bonchev–Trinajstić information content (AvgIpc) is 2.73. The van der Waals surface area contributed by atoms with Crippen molar-refractivity contribution in [1.29, 1.82) is 0 Å². The Morgan fingerprint density at radius 1 is 1.44 bits per heavy atom. The summed E-state index contributed by atoms with van der Waals surface area (Å²) in [6.07, 6.45) is 4.22. The van der Waals surface area contributed by atoms with Crippen molar-refractivity contribution < 1.29 is 0 Å². The summed E-state index contributed by atoms with van der Waals surface area (Å²) in [5, 5.41) is 7.79. The first-order valence-electron chi connectivity index (χ1n) is 6.08. The largest absolute Gasteiger partial charge is 0.307 e. The molecule has 2 heterocycles. The summed E-state index contributed by atoms with van der Waals surface area (Å²) in [5.41, 5.74) is 0. The molecule has 2 rings (SSSR count). The predicted octanol–water partition coefficient (Wildman–Crippen LogP) is 0.389. The van der Waals surface area contributed by atoms with Gasteiger partial charge < -0.3 is 10.2 Å². The van der Waals surface area contributed by atoms with Gasteiger partial charge in [-0.05, 0) is 32.5 Å². The summed E-state index contributed by atoms with van der Waals surface area (Å²) in [4.78, 5) is 6.71. The molecule has 1 aromatic heterocycles. The third-order valence-corrected chi connectivity index (χ3v) is 3.23. The van der Waals surface area contributed by atoms with Crippen molar-refractivity contribution in [3.63, 3.8) is 0 Å². The molecule has 1 fully saturated rings. The Hall–Kier alpha value is -0.940. The molecule has 0 spiro atoms. The Balaban J connectivity index is 1.71. The summed E-state index contributed by atoms with van der Waals surface area (Å²) < 4.78 is 1.75. The third-order valence-electron chi connectivity index (χ3n) is 3.23. The molecule has 1 saturated heterocycles. The molecule has 16 heavy (non-hydrogen) atoms. The van der Waals surface area contributed by atoms with Crippen molar-refractivity contribution in [2.75, 3.05) is 19.6 Å². The summed E-state index contributed by atoms with van der Waals surface area (Å²) in [6, 6.07) is 0.631. The van der Waals surface area contributed by atoms with E-state index in [1.165, 1.54) is 32.5 Å². The van der Waals surface area contributed by atoms with Gasteiger partial charge >= 0.3 is 0 Å². The fourth-order valence-electron chi connectivity index (χ4n) is 2.15. The van der Waals surface area contributed by atoms with Crippen LogP contribution >= 0.6 is 0 Å². The summed E-state index contributed by atoms with van der Waals surface area (Å²) in [6.45, 7) is 6.62.